The molecule has 0 atom stereocenters. The standard InChI is InChI=1S/C13H10F3N3OS/c14-13(15,16)9-3-1-4-10(7-9)19-11(20)8-21-12-17-5-2-6-18-12/h1-7H,8H2,(H,19,20). The van der Waals surface area contributed by atoms with Crippen LogP contribution in [0.4, 0.5) is 18.9 Å². The smallest absolute Gasteiger partial charge is 0.325 e. The summed E-state index contributed by atoms with van der Waals surface area (Å²) in [4.78, 5) is 19.5. The Hall–Kier alpha value is -2.09. The maximum absolute atomic E-state index is 12.5. The molecule has 2 aromatic rings. The normalized spacial score (nSPS) is 11.2. The second kappa shape index (κ2) is 6.57. The lowest BCUT2D eigenvalue weighted by Gasteiger charge is -2.09. The summed E-state index contributed by atoms with van der Waals surface area (Å²) in [6.07, 6.45) is -1.35. The first kappa shape index (κ1) is 15.3. The van der Waals surface area contributed by atoms with Gasteiger partial charge in [0.15, 0.2) is 5.16 Å². The van der Waals surface area contributed by atoms with Crippen molar-refractivity contribution in [3.05, 3.63) is 48.3 Å². The third-order valence-electron chi connectivity index (χ3n) is 2.35. The number of anilines is 1. The van der Waals surface area contributed by atoms with Crippen LogP contribution in [0.5, 0.6) is 0 Å². The van der Waals surface area contributed by atoms with Gasteiger partial charge in [-0.1, -0.05) is 17.8 Å². The molecule has 1 amide bonds. The summed E-state index contributed by atoms with van der Waals surface area (Å²) in [5.41, 5.74) is -0.705. The van der Waals surface area contributed by atoms with Crippen molar-refractivity contribution in [1.29, 1.82) is 0 Å². The number of rotatable bonds is 4. The minimum atomic E-state index is -4.44. The van der Waals surface area contributed by atoms with E-state index < -0.39 is 17.6 Å². The quantitative estimate of drug-likeness (QED) is 0.695. The van der Waals surface area contributed by atoms with E-state index in [1.165, 1.54) is 12.1 Å². The van der Waals surface area contributed by atoms with E-state index >= 15 is 0 Å². The van der Waals surface area contributed by atoms with Gasteiger partial charge < -0.3 is 5.32 Å². The molecule has 0 unspecified atom stereocenters. The number of benzene rings is 1. The monoisotopic (exact) mass is 313 g/mol. The van der Waals surface area contributed by atoms with Crippen LogP contribution in [0.1, 0.15) is 5.56 Å². The Morgan fingerprint density at radius 2 is 1.90 bits per heavy atom. The summed E-state index contributed by atoms with van der Waals surface area (Å²) in [6, 6.07) is 6.12. The molecular formula is C13H10F3N3OS. The Balaban J connectivity index is 1.94. The van der Waals surface area contributed by atoms with Crippen LogP contribution < -0.4 is 5.32 Å². The summed E-state index contributed by atoms with van der Waals surface area (Å²) >= 11 is 1.10. The number of nitrogens with zero attached hydrogens (tertiary/aromatic N) is 2. The van der Waals surface area contributed by atoms with E-state index in [1.54, 1.807) is 18.5 Å². The Labute approximate surface area is 122 Å². The molecule has 21 heavy (non-hydrogen) atoms. The fourth-order valence-corrected chi connectivity index (χ4v) is 2.06. The van der Waals surface area contributed by atoms with Gasteiger partial charge in [-0.2, -0.15) is 13.2 Å². The minimum Gasteiger partial charge on any atom is -0.325 e. The van der Waals surface area contributed by atoms with Crippen molar-refractivity contribution >= 4 is 23.4 Å². The fourth-order valence-electron chi connectivity index (χ4n) is 1.46. The molecule has 1 N–H and O–H groups in total. The summed E-state index contributed by atoms with van der Waals surface area (Å²) in [6.45, 7) is 0. The number of hydrogen-bond donors (Lipinski definition) is 1. The van der Waals surface area contributed by atoms with Gasteiger partial charge in [0, 0.05) is 18.1 Å². The van der Waals surface area contributed by atoms with Gasteiger partial charge in [-0.3, -0.25) is 4.79 Å². The number of hydrogen-bond acceptors (Lipinski definition) is 4. The molecule has 0 fully saturated rings. The van der Waals surface area contributed by atoms with E-state index in [0.29, 0.717) is 5.16 Å². The molecule has 0 bridgehead atoms. The average molecular weight is 313 g/mol. The van der Waals surface area contributed by atoms with Crippen LogP contribution in [0.3, 0.4) is 0 Å². The van der Waals surface area contributed by atoms with Crippen LogP contribution in [0.25, 0.3) is 0 Å². The van der Waals surface area contributed by atoms with E-state index in [1.807, 2.05) is 0 Å². The lowest BCUT2D eigenvalue weighted by molar-refractivity contribution is -0.137. The first-order valence-corrected chi connectivity index (χ1v) is 6.80. The maximum Gasteiger partial charge on any atom is 0.416 e. The Kier molecular flexibility index (Phi) is 4.79. The van der Waals surface area contributed by atoms with E-state index in [9.17, 15) is 18.0 Å². The molecule has 0 aliphatic carbocycles. The van der Waals surface area contributed by atoms with Crippen molar-refractivity contribution in [1.82, 2.24) is 9.97 Å². The molecule has 1 aromatic carbocycles. The molecule has 8 heteroatoms. The second-order valence-corrected chi connectivity index (χ2v) is 4.89. The first-order chi connectivity index (χ1) is 9.95. The highest BCUT2D eigenvalue weighted by atomic mass is 32.2. The zero-order valence-corrected chi connectivity index (χ0v) is 11.4. The highest BCUT2D eigenvalue weighted by Crippen LogP contribution is 2.30. The van der Waals surface area contributed by atoms with E-state index in [0.717, 1.165) is 23.9 Å². The molecule has 0 spiro atoms. The number of amides is 1. The Bertz CT molecular complexity index is 620. The van der Waals surface area contributed by atoms with Crippen LogP contribution in [0, 0.1) is 0 Å². The van der Waals surface area contributed by atoms with Gasteiger partial charge in [0.2, 0.25) is 5.91 Å². The predicted octanol–water partition coefficient (Wildman–Crippen LogP) is 3.23. The van der Waals surface area contributed by atoms with E-state index in [2.05, 4.69) is 15.3 Å². The minimum absolute atomic E-state index is 0.0141. The van der Waals surface area contributed by atoms with Gasteiger partial charge in [0.05, 0.1) is 11.3 Å². The largest absolute Gasteiger partial charge is 0.416 e. The number of carbonyl (C=O) groups excluding carboxylic acids is 1. The summed E-state index contributed by atoms with van der Waals surface area (Å²) < 4.78 is 37.6. The molecule has 0 saturated carbocycles. The van der Waals surface area contributed by atoms with Crippen molar-refractivity contribution in [2.24, 2.45) is 0 Å². The number of nitrogens with one attached hydrogen (secondary N) is 1. The zero-order chi connectivity index (χ0) is 15.3. The summed E-state index contributed by atoms with van der Waals surface area (Å²) in [5.74, 6) is -0.410. The average Bonchev–Trinajstić information content (AvgIpc) is 2.46. The topological polar surface area (TPSA) is 54.9 Å². The molecule has 2 rings (SSSR count). The van der Waals surface area contributed by atoms with Crippen LogP contribution in [0.2, 0.25) is 0 Å². The summed E-state index contributed by atoms with van der Waals surface area (Å²) in [5, 5.41) is 2.84. The lowest BCUT2D eigenvalue weighted by atomic mass is 10.2. The molecule has 1 heterocycles. The van der Waals surface area contributed by atoms with Crippen molar-refractivity contribution in [3.8, 4) is 0 Å². The molecule has 0 saturated heterocycles. The molecular weight excluding hydrogens is 303 g/mol. The molecule has 0 aliphatic rings. The molecule has 110 valence electrons. The Morgan fingerprint density at radius 1 is 1.19 bits per heavy atom. The molecule has 1 aromatic heterocycles. The fraction of sp³-hybridized carbons (Fsp3) is 0.154. The maximum atomic E-state index is 12.5. The third kappa shape index (κ3) is 4.75. The van der Waals surface area contributed by atoms with Gasteiger partial charge in [0.25, 0.3) is 0 Å². The molecule has 0 radical (unpaired) electrons. The van der Waals surface area contributed by atoms with Gasteiger partial charge in [-0.15, -0.1) is 0 Å². The lowest BCUT2D eigenvalue weighted by Crippen LogP contribution is -2.15. The predicted molar refractivity (Wildman–Crippen MR) is 72.8 cm³/mol. The summed E-state index contributed by atoms with van der Waals surface area (Å²) in [7, 11) is 0. The SMILES string of the molecule is O=C(CSc1ncccn1)Nc1cccc(C(F)(F)F)c1. The van der Waals surface area contributed by atoms with Crippen LogP contribution in [-0.4, -0.2) is 21.6 Å². The van der Waals surface area contributed by atoms with Crippen molar-refractivity contribution in [2.45, 2.75) is 11.3 Å². The van der Waals surface area contributed by atoms with Crippen molar-refractivity contribution in [2.75, 3.05) is 11.1 Å². The number of halogens is 3. The van der Waals surface area contributed by atoms with Gasteiger partial charge in [-0.05, 0) is 24.3 Å². The number of thioether (sulfide) groups is 1. The van der Waals surface area contributed by atoms with Crippen LogP contribution in [0.15, 0.2) is 47.9 Å². The van der Waals surface area contributed by atoms with Crippen molar-refractivity contribution in [3.63, 3.8) is 0 Å². The van der Waals surface area contributed by atoms with Gasteiger partial charge >= 0.3 is 6.18 Å². The van der Waals surface area contributed by atoms with Crippen LogP contribution >= 0.6 is 11.8 Å². The van der Waals surface area contributed by atoms with Crippen LogP contribution in [-0.2, 0) is 11.0 Å². The highest BCUT2D eigenvalue weighted by molar-refractivity contribution is 7.99. The number of alkyl halides is 3. The first-order valence-electron chi connectivity index (χ1n) is 5.82. The van der Waals surface area contributed by atoms with Crippen molar-refractivity contribution < 1.29 is 18.0 Å². The highest BCUT2D eigenvalue weighted by Gasteiger charge is 2.30. The third-order valence-corrected chi connectivity index (χ3v) is 3.22. The second-order valence-electron chi connectivity index (χ2n) is 3.95. The number of carbonyl (C=O) groups is 1. The number of aromatic nitrogens is 2. The van der Waals surface area contributed by atoms with E-state index in [4.69, 9.17) is 0 Å². The van der Waals surface area contributed by atoms with E-state index in [-0.39, 0.29) is 11.4 Å². The molecule has 4 nitrogen and oxygen atoms in total. The van der Waals surface area contributed by atoms with Gasteiger partial charge in [0.1, 0.15) is 0 Å². The zero-order valence-electron chi connectivity index (χ0n) is 10.6. The molecule has 0 aliphatic heterocycles. The van der Waals surface area contributed by atoms with Gasteiger partial charge in [-0.25, -0.2) is 9.97 Å². The Morgan fingerprint density at radius 3 is 2.57 bits per heavy atom.